The number of carbonyl (C=O) groups excluding carboxylic acids is 4. The number of fused-ring (bicyclic) bond motifs is 5. The molecule has 3 amide bonds. The summed E-state index contributed by atoms with van der Waals surface area (Å²) in [7, 11) is 0. The topological polar surface area (TPSA) is 136 Å². The van der Waals surface area contributed by atoms with E-state index in [0.29, 0.717) is 0 Å². The summed E-state index contributed by atoms with van der Waals surface area (Å²) in [6.45, 7) is 0.778. The Hall–Kier alpha value is -3.30. The third kappa shape index (κ3) is 3.31. The minimum absolute atomic E-state index is 0.187. The number of hydrogen-bond acceptors (Lipinski definition) is 7. The fraction of sp³-hybridized carbons (Fsp3) is 0.500. The Labute approximate surface area is 171 Å². The molecule has 0 unspecified atom stereocenters. The minimum atomic E-state index is -1.11. The summed E-state index contributed by atoms with van der Waals surface area (Å²) in [5.74, 6) is -2.41. The molecule has 3 aliphatic rings. The number of carbonyl (C=O) groups is 4. The fourth-order valence-corrected chi connectivity index (χ4v) is 5.07. The molecule has 1 heterocycles. The van der Waals surface area contributed by atoms with E-state index in [-0.39, 0.29) is 46.9 Å². The van der Waals surface area contributed by atoms with Crippen LogP contribution >= 0.6 is 0 Å². The molecule has 0 aromatic heterocycles. The van der Waals surface area contributed by atoms with E-state index in [4.69, 9.17) is 4.74 Å². The molecule has 1 N–H and O–H groups in total. The predicted molar refractivity (Wildman–Crippen MR) is 102 cm³/mol. The van der Waals surface area contributed by atoms with Crippen molar-refractivity contribution >= 4 is 35.1 Å². The summed E-state index contributed by atoms with van der Waals surface area (Å²) >= 11 is 0. The predicted octanol–water partition coefficient (Wildman–Crippen LogP) is 1.50. The molecule has 1 saturated heterocycles. The molecule has 1 aromatic rings. The highest BCUT2D eigenvalue weighted by molar-refractivity contribution is 6.08. The summed E-state index contributed by atoms with van der Waals surface area (Å²) < 4.78 is 4.99. The van der Waals surface area contributed by atoms with E-state index in [1.807, 2.05) is 0 Å². The van der Waals surface area contributed by atoms with Gasteiger partial charge >= 0.3 is 5.97 Å². The van der Waals surface area contributed by atoms with E-state index >= 15 is 0 Å². The number of ether oxygens (including phenoxy) is 1. The standard InChI is InChI=1S/C20H21N3O7/c1-10(22-18(25)16-11-5-6-12(7-11)17(16)19(22)26)20(27)30-9-15(24)21-13-3-2-4-14(8-13)23(28)29/h2-4,8,10-12,16-17H,5-7,9H2,1H3,(H,21,24)/t10-,11+,12+,16-,17+/m1/s1. The Morgan fingerprint density at radius 2 is 1.87 bits per heavy atom. The van der Waals surface area contributed by atoms with Gasteiger partial charge in [0.1, 0.15) is 6.04 Å². The van der Waals surface area contributed by atoms with Crippen molar-refractivity contribution in [2.75, 3.05) is 11.9 Å². The number of likely N-dealkylation sites (tertiary alicyclic amines) is 1. The average Bonchev–Trinajstić information content (AvgIpc) is 3.39. The van der Waals surface area contributed by atoms with Crippen molar-refractivity contribution < 1.29 is 28.8 Å². The lowest BCUT2D eigenvalue weighted by Gasteiger charge is -2.23. The van der Waals surface area contributed by atoms with Gasteiger partial charge in [0, 0.05) is 17.8 Å². The zero-order valence-electron chi connectivity index (χ0n) is 16.3. The lowest BCUT2D eigenvalue weighted by molar-refractivity contribution is -0.384. The molecule has 30 heavy (non-hydrogen) atoms. The lowest BCUT2D eigenvalue weighted by atomic mass is 9.81. The average molecular weight is 415 g/mol. The second-order valence-corrected chi connectivity index (χ2v) is 8.07. The third-order valence-electron chi connectivity index (χ3n) is 6.38. The van der Waals surface area contributed by atoms with Gasteiger partial charge in [-0.15, -0.1) is 0 Å². The first-order chi connectivity index (χ1) is 14.3. The van der Waals surface area contributed by atoms with Gasteiger partial charge < -0.3 is 10.1 Å². The molecule has 1 aromatic carbocycles. The smallest absolute Gasteiger partial charge is 0.329 e. The molecule has 2 bridgehead atoms. The van der Waals surface area contributed by atoms with E-state index in [9.17, 15) is 29.3 Å². The first-order valence-electron chi connectivity index (χ1n) is 9.85. The number of non-ortho nitro benzene ring substituents is 1. The fourth-order valence-electron chi connectivity index (χ4n) is 5.07. The summed E-state index contributed by atoms with van der Waals surface area (Å²) in [6, 6.07) is 4.22. The van der Waals surface area contributed by atoms with Crippen LogP contribution in [0, 0.1) is 33.8 Å². The SMILES string of the molecule is C[C@H](C(=O)OCC(=O)Nc1cccc([N+](=O)[O-])c1)N1C(=O)[C@@H]2[C@H]3CC[C@@H](C3)[C@@H]2C1=O. The van der Waals surface area contributed by atoms with Crippen molar-refractivity contribution in [1.82, 2.24) is 4.90 Å². The van der Waals surface area contributed by atoms with Crippen LogP contribution in [0.2, 0.25) is 0 Å². The molecule has 0 radical (unpaired) electrons. The summed E-state index contributed by atoms with van der Waals surface area (Å²) in [5, 5.41) is 13.2. The molecule has 0 spiro atoms. The minimum Gasteiger partial charge on any atom is -0.454 e. The van der Waals surface area contributed by atoms with Crippen LogP contribution in [0.15, 0.2) is 24.3 Å². The number of nitro groups is 1. The molecule has 10 nitrogen and oxygen atoms in total. The second kappa shape index (κ2) is 7.51. The number of amides is 3. The number of anilines is 1. The van der Waals surface area contributed by atoms with E-state index < -0.39 is 29.4 Å². The maximum atomic E-state index is 12.8. The van der Waals surface area contributed by atoms with Gasteiger partial charge in [-0.2, -0.15) is 0 Å². The van der Waals surface area contributed by atoms with Gasteiger partial charge in [-0.25, -0.2) is 4.79 Å². The van der Waals surface area contributed by atoms with Crippen molar-refractivity contribution in [3.63, 3.8) is 0 Å². The molecule has 10 heteroatoms. The van der Waals surface area contributed by atoms with Crippen LogP contribution in [0.3, 0.4) is 0 Å². The first-order valence-corrected chi connectivity index (χ1v) is 9.85. The maximum absolute atomic E-state index is 12.8. The number of nitrogens with one attached hydrogen (secondary N) is 1. The third-order valence-corrected chi connectivity index (χ3v) is 6.38. The Kier molecular flexibility index (Phi) is 5.00. The van der Waals surface area contributed by atoms with Crippen molar-refractivity contribution in [3.05, 3.63) is 34.4 Å². The van der Waals surface area contributed by atoms with Gasteiger partial charge in [0.25, 0.3) is 11.6 Å². The van der Waals surface area contributed by atoms with Gasteiger partial charge in [-0.3, -0.25) is 29.4 Å². The lowest BCUT2D eigenvalue weighted by Crippen LogP contribution is -2.45. The van der Waals surface area contributed by atoms with Crippen LogP contribution < -0.4 is 5.32 Å². The molecule has 1 aliphatic heterocycles. The van der Waals surface area contributed by atoms with Crippen LogP contribution in [0.1, 0.15) is 26.2 Å². The van der Waals surface area contributed by atoms with Crippen LogP contribution in [0.25, 0.3) is 0 Å². The highest BCUT2D eigenvalue weighted by atomic mass is 16.6. The highest BCUT2D eigenvalue weighted by Gasteiger charge is 2.62. The quantitative estimate of drug-likeness (QED) is 0.322. The number of benzene rings is 1. The van der Waals surface area contributed by atoms with Crippen molar-refractivity contribution in [3.8, 4) is 0 Å². The van der Waals surface area contributed by atoms with E-state index in [0.717, 1.165) is 24.2 Å². The van der Waals surface area contributed by atoms with Crippen LogP contribution in [-0.2, 0) is 23.9 Å². The van der Waals surface area contributed by atoms with Crippen LogP contribution in [0.4, 0.5) is 11.4 Å². The summed E-state index contributed by atoms with van der Waals surface area (Å²) in [4.78, 5) is 61.1. The largest absolute Gasteiger partial charge is 0.454 e. The normalized spacial score (nSPS) is 27.7. The Morgan fingerprint density at radius 1 is 1.23 bits per heavy atom. The van der Waals surface area contributed by atoms with E-state index in [2.05, 4.69) is 5.32 Å². The number of rotatable bonds is 6. The molecule has 2 saturated carbocycles. The van der Waals surface area contributed by atoms with Gasteiger partial charge in [-0.05, 0) is 44.1 Å². The van der Waals surface area contributed by atoms with Gasteiger partial charge in [-0.1, -0.05) is 6.07 Å². The molecule has 3 fully saturated rings. The zero-order valence-corrected chi connectivity index (χ0v) is 16.3. The van der Waals surface area contributed by atoms with Gasteiger partial charge in [0.15, 0.2) is 6.61 Å². The Balaban J connectivity index is 1.33. The number of hydrogen-bond donors (Lipinski definition) is 1. The Bertz CT molecular complexity index is 918. The number of imide groups is 1. The monoisotopic (exact) mass is 415 g/mol. The highest BCUT2D eigenvalue weighted by Crippen LogP contribution is 2.56. The van der Waals surface area contributed by atoms with Crippen LogP contribution in [0.5, 0.6) is 0 Å². The summed E-state index contributed by atoms with van der Waals surface area (Å²) in [5.41, 5.74) is -0.00418. The number of nitro benzene ring substituents is 1. The van der Waals surface area contributed by atoms with E-state index in [1.54, 1.807) is 0 Å². The number of nitrogens with zero attached hydrogens (tertiary/aromatic N) is 2. The van der Waals surface area contributed by atoms with Crippen molar-refractivity contribution in [2.45, 2.75) is 32.2 Å². The molecular formula is C20H21N3O7. The molecule has 2 aliphatic carbocycles. The molecular weight excluding hydrogens is 394 g/mol. The number of esters is 1. The van der Waals surface area contributed by atoms with Crippen LogP contribution in [-0.4, -0.2) is 46.2 Å². The second-order valence-electron chi connectivity index (χ2n) is 8.07. The summed E-state index contributed by atoms with van der Waals surface area (Å²) in [6.07, 6.45) is 2.78. The van der Waals surface area contributed by atoms with Gasteiger partial charge in [0.05, 0.1) is 16.8 Å². The Morgan fingerprint density at radius 3 is 2.47 bits per heavy atom. The molecule has 158 valence electrons. The van der Waals surface area contributed by atoms with Crippen molar-refractivity contribution in [1.29, 1.82) is 0 Å². The first kappa shape index (κ1) is 20.0. The maximum Gasteiger partial charge on any atom is 0.329 e. The molecule has 4 rings (SSSR count). The van der Waals surface area contributed by atoms with Crippen molar-refractivity contribution in [2.24, 2.45) is 23.7 Å². The zero-order chi connectivity index (χ0) is 21.6. The van der Waals surface area contributed by atoms with Gasteiger partial charge in [0.2, 0.25) is 11.8 Å². The van der Waals surface area contributed by atoms with E-state index in [1.165, 1.54) is 31.2 Å². The molecule has 5 atom stereocenters.